The van der Waals surface area contributed by atoms with Gasteiger partial charge in [0.15, 0.2) is 9.84 Å². The summed E-state index contributed by atoms with van der Waals surface area (Å²) < 4.78 is 59.7. The molecule has 1 aromatic rings. The van der Waals surface area contributed by atoms with Crippen molar-refractivity contribution < 1.29 is 31.5 Å². The lowest BCUT2D eigenvalue weighted by Gasteiger charge is -2.08. The Kier molecular flexibility index (Phi) is 4.00. The van der Waals surface area contributed by atoms with Crippen molar-refractivity contribution >= 4 is 15.8 Å². The molecule has 4 nitrogen and oxygen atoms in total. The molecule has 8 heteroatoms. The smallest absolute Gasteiger partial charge is 0.416 e. The zero-order valence-corrected chi connectivity index (χ0v) is 9.75. The number of carboxylic acid groups (broad SMARTS) is 1. The molecule has 0 saturated carbocycles. The lowest BCUT2D eigenvalue weighted by molar-refractivity contribution is -0.137. The number of benzene rings is 1. The normalized spacial score (nSPS) is 12.4. The van der Waals surface area contributed by atoms with Crippen LogP contribution in [0.4, 0.5) is 13.2 Å². The largest absolute Gasteiger partial charge is 0.480 e. The molecule has 0 radical (unpaired) electrons. The van der Waals surface area contributed by atoms with E-state index in [0.29, 0.717) is 6.07 Å². The molecule has 18 heavy (non-hydrogen) atoms. The lowest BCUT2D eigenvalue weighted by atomic mass is 10.1. The van der Waals surface area contributed by atoms with Crippen LogP contribution in [0.2, 0.25) is 0 Å². The van der Waals surface area contributed by atoms with Crippen LogP contribution in [-0.2, 0) is 26.6 Å². The molecule has 100 valence electrons. The van der Waals surface area contributed by atoms with Gasteiger partial charge in [-0.25, -0.2) is 8.42 Å². The van der Waals surface area contributed by atoms with E-state index in [2.05, 4.69) is 0 Å². The van der Waals surface area contributed by atoms with E-state index < -0.39 is 39.1 Å². The second-order valence-corrected chi connectivity index (χ2v) is 5.69. The predicted molar refractivity (Wildman–Crippen MR) is 56.6 cm³/mol. The Morgan fingerprint density at radius 3 is 2.39 bits per heavy atom. The van der Waals surface area contributed by atoms with E-state index in [1.807, 2.05) is 0 Å². The summed E-state index contributed by atoms with van der Waals surface area (Å²) in [7, 11) is -3.96. The number of halogens is 3. The molecule has 0 aliphatic heterocycles. The summed E-state index contributed by atoms with van der Waals surface area (Å²) in [4.78, 5) is 10.3. The van der Waals surface area contributed by atoms with Crippen molar-refractivity contribution in [2.24, 2.45) is 0 Å². The first kappa shape index (κ1) is 14.5. The van der Waals surface area contributed by atoms with E-state index in [9.17, 15) is 26.4 Å². The van der Waals surface area contributed by atoms with Gasteiger partial charge in [0.1, 0.15) is 5.75 Å². The standard InChI is InChI=1S/C10H9F3O4S/c11-10(12,13)8-3-1-2-7(4-8)5-18(16,17)6-9(14)15/h1-4H,5-6H2,(H,14,15). The summed E-state index contributed by atoms with van der Waals surface area (Å²) >= 11 is 0. The number of carbonyl (C=O) groups is 1. The van der Waals surface area contributed by atoms with E-state index in [4.69, 9.17) is 5.11 Å². The van der Waals surface area contributed by atoms with Gasteiger partial charge in [0, 0.05) is 0 Å². The first-order valence-electron chi connectivity index (χ1n) is 4.68. The Bertz CT molecular complexity index is 548. The predicted octanol–water partition coefficient (Wildman–Crippen LogP) is 1.70. The van der Waals surface area contributed by atoms with E-state index >= 15 is 0 Å². The van der Waals surface area contributed by atoms with Gasteiger partial charge in [-0.1, -0.05) is 18.2 Å². The number of aliphatic carboxylic acids is 1. The van der Waals surface area contributed by atoms with Crippen molar-refractivity contribution in [1.29, 1.82) is 0 Å². The summed E-state index contributed by atoms with van der Waals surface area (Å²) in [5.41, 5.74) is -1.06. The third-order valence-corrected chi connectivity index (χ3v) is 3.44. The number of sulfone groups is 1. The fraction of sp³-hybridized carbons (Fsp3) is 0.300. The molecule has 0 aliphatic rings. The quantitative estimate of drug-likeness (QED) is 0.912. The summed E-state index contributed by atoms with van der Waals surface area (Å²) in [6.45, 7) is 0. The van der Waals surface area contributed by atoms with E-state index in [0.717, 1.165) is 12.1 Å². The molecular formula is C10H9F3O4S. The van der Waals surface area contributed by atoms with E-state index in [1.54, 1.807) is 0 Å². The van der Waals surface area contributed by atoms with Gasteiger partial charge < -0.3 is 5.11 Å². The van der Waals surface area contributed by atoms with Crippen LogP contribution in [0.25, 0.3) is 0 Å². The molecule has 0 heterocycles. The molecule has 0 saturated heterocycles. The summed E-state index contributed by atoms with van der Waals surface area (Å²) in [5.74, 6) is -3.38. The molecule has 0 fully saturated rings. The van der Waals surface area contributed by atoms with Crippen LogP contribution < -0.4 is 0 Å². The van der Waals surface area contributed by atoms with Gasteiger partial charge >= 0.3 is 12.1 Å². The van der Waals surface area contributed by atoms with Crippen LogP contribution in [0.15, 0.2) is 24.3 Å². The third-order valence-electron chi connectivity index (χ3n) is 1.98. The van der Waals surface area contributed by atoms with Gasteiger partial charge in [0.2, 0.25) is 0 Å². The van der Waals surface area contributed by atoms with Gasteiger partial charge in [-0.3, -0.25) is 4.79 Å². The maximum atomic E-state index is 12.4. The van der Waals surface area contributed by atoms with Crippen LogP contribution in [-0.4, -0.2) is 25.2 Å². The van der Waals surface area contributed by atoms with Crippen LogP contribution in [0.3, 0.4) is 0 Å². The van der Waals surface area contributed by atoms with Crippen molar-refractivity contribution in [3.05, 3.63) is 35.4 Å². The fourth-order valence-electron chi connectivity index (χ4n) is 1.33. The van der Waals surface area contributed by atoms with E-state index in [1.165, 1.54) is 6.07 Å². The van der Waals surface area contributed by atoms with Crippen LogP contribution >= 0.6 is 0 Å². The van der Waals surface area contributed by atoms with Crippen LogP contribution in [0.1, 0.15) is 11.1 Å². The molecule has 0 aliphatic carbocycles. The maximum absolute atomic E-state index is 12.4. The summed E-state index contributed by atoms with van der Waals surface area (Å²) in [6, 6.07) is 3.79. The Morgan fingerprint density at radius 1 is 1.28 bits per heavy atom. The minimum atomic E-state index is -4.56. The zero-order chi connectivity index (χ0) is 14.0. The molecule has 0 atom stereocenters. The fourth-order valence-corrected chi connectivity index (χ4v) is 2.50. The molecule has 1 N–H and O–H groups in total. The molecule has 0 spiro atoms. The minimum Gasteiger partial charge on any atom is -0.480 e. The van der Waals surface area contributed by atoms with Crippen molar-refractivity contribution in [3.63, 3.8) is 0 Å². The molecule has 0 aromatic heterocycles. The second kappa shape index (κ2) is 4.97. The lowest BCUT2D eigenvalue weighted by Crippen LogP contribution is -2.17. The Balaban J connectivity index is 2.96. The average molecular weight is 282 g/mol. The second-order valence-electron chi connectivity index (χ2n) is 3.62. The first-order valence-corrected chi connectivity index (χ1v) is 6.51. The van der Waals surface area contributed by atoms with Gasteiger partial charge in [-0.05, 0) is 11.6 Å². The molecule has 0 amide bonds. The maximum Gasteiger partial charge on any atom is 0.416 e. The third kappa shape index (κ3) is 4.36. The summed E-state index contributed by atoms with van der Waals surface area (Å²) in [5, 5.41) is 8.35. The molecule has 1 rings (SSSR count). The Morgan fingerprint density at radius 2 is 1.89 bits per heavy atom. The van der Waals surface area contributed by atoms with Gasteiger partial charge in [0.25, 0.3) is 0 Å². The average Bonchev–Trinajstić information content (AvgIpc) is 2.13. The summed E-state index contributed by atoms with van der Waals surface area (Å²) in [6.07, 6.45) is -4.56. The number of alkyl halides is 3. The molecular weight excluding hydrogens is 273 g/mol. The minimum absolute atomic E-state index is 0.0916. The number of rotatable bonds is 4. The highest BCUT2D eigenvalue weighted by Gasteiger charge is 2.30. The molecule has 1 aromatic carbocycles. The van der Waals surface area contributed by atoms with Crippen molar-refractivity contribution in [1.82, 2.24) is 0 Å². The van der Waals surface area contributed by atoms with Gasteiger partial charge in [-0.15, -0.1) is 0 Å². The highest BCUT2D eigenvalue weighted by molar-refractivity contribution is 7.91. The van der Waals surface area contributed by atoms with Gasteiger partial charge in [-0.2, -0.15) is 13.2 Å². The molecule has 0 unspecified atom stereocenters. The number of carboxylic acids is 1. The monoisotopic (exact) mass is 282 g/mol. The van der Waals surface area contributed by atoms with E-state index in [-0.39, 0.29) is 5.56 Å². The van der Waals surface area contributed by atoms with Gasteiger partial charge in [0.05, 0.1) is 11.3 Å². The topological polar surface area (TPSA) is 71.4 Å². The van der Waals surface area contributed by atoms with Crippen molar-refractivity contribution in [2.45, 2.75) is 11.9 Å². The van der Waals surface area contributed by atoms with Crippen LogP contribution in [0.5, 0.6) is 0 Å². The Labute approximate surface area is 101 Å². The Hall–Kier alpha value is -1.57. The van der Waals surface area contributed by atoms with Crippen LogP contribution in [0, 0.1) is 0 Å². The zero-order valence-electron chi connectivity index (χ0n) is 8.94. The van der Waals surface area contributed by atoms with Crippen molar-refractivity contribution in [3.8, 4) is 0 Å². The number of hydrogen-bond acceptors (Lipinski definition) is 3. The molecule has 0 bridgehead atoms. The first-order chi connectivity index (χ1) is 8.10. The SMILES string of the molecule is O=C(O)CS(=O)(=O)Cc1cccc(C(F)(F)F)c1. The van der Waals surface area contributed by atoms with Crippen molar-refractivity contribution in [2.75, 3.05) is 5.75 Å². The highest BCUT2D eigenvalue weighted by Crippen LogP contribution is 2.29. The highest BCUT2D eigenvalue weighted by atomic mass is 32.2. The number of hydrogen-bond donors (Lipinski definition) is 1.